The van der Waals surface area contributed by atoms with Crippen molar-refractivity contribution in [1.82, 2.24) is 0 Å². The van der Waals surface area contributed by atoms with Gasteiger partial charge in [-0.05, 0) is 48.5 Å². The lowest BCUT2D eigenvalue weighted by Gasteiger charge is -2.12. The Morgan fingerprint density at radius 3 is 1.30 bits per heavy atom. The molecule has 10 heteroatoms. The molecule has 0 unspecified atom stereocenters. The second-order valence-corrected chi connectivity index (χ2v) is 9.70. The lowest BCUT2D eigenvalue weighted by Crippen LogP contribution is -2.77. The summed E-state index contributed by atoms with van der Waals surface area (Å²) >= 11 is 11.4. The second kappa shape index (κ2) is 6.56. The lowest BCUT2D eigenvalue weighted by atomic mass is 10.4. The van der Waals surface area contributed by atoms with Gasteiger partial charge in [0.25, 0.3) is 19.7 Å². The number of hydrogen-bond donors (Lipinski definition) is 1. The first-order valence-corrected chi connectivity index (χ1v) is 9.93. The summed E-state index contributed by atoms with van der Waals surface area (Å²) in [6.07, 6.45) is 0. The van der Waals surface area contributed by atoms with Crippen molar-refractivity contribution in [2.24, 2.45) is 0 Å². The summed E-state index contributed by atoms with van der Waals surface area (Å²) < 4.78 is 47.7. The van der Waals surface area contributed by atoms with Gasteiger partial charge in [0.2, 0.25) is 0 Å². The SMILES string of the molecule is [N-]=[NH+]C(S(=O)(=O)c1ccc(Cl)cc1)S(=O)(=O)c1ccc(Cl)cc1. The highest BCUT2D eigenvalue weighted by Crippen LogP contribution is 2.24. The first kappa shape index (κ1) is 17.9. The van der Waals surface area contributed by atoms with Crippen molar-refractivity contribution < 1.29 is 21.9 Å². The molecule has 0 aromatic heterocycles. The fourth-order valence-corrected chi connectivity index (χ4v) is 5.86. The molecule has 0 spiro atoms. The molecule has 0 fully saturated rings. The standard InChI is InChI=1S/C13H10Cl2N2O4S2/c14-9-1-5-11(6-2-9)22(18,19)13(17-16)23(20,21)12-7-3-10(15)4-8-12/h1-8,13,17H. The molecule has 0 aliphatic heterocycles. The predicted octanol–water partition coefficient (Wildman–Crippen LogP) is 1.63. The molecule has 0 amide bonds. The zero-order chi connectivity index (χ0) is 17.3. The van der Waals surface area contributed by atoms with Gasteiger partial charge in [-0.1, -0.05) is 23.2 Å². The van der Waals surface area contributed by atoms with E-state index >= 15 is 0 Å². The number of halogens is 2. The maximum atomic E-state index is 12.5. The largest absolute Gasteiger partial charge is 0.506 e. The number of hydrogen-bond acceptors (Lipinski definition) is 4. The monoisotopic (exact) mass is 392 g/mol. The highest BCUT2D eigenvalue weighted by Gasteiger charge is 2.42. The van der Waals surface area contributed by atoms with Crippen molar-refractivity contribution >= 4 is 42.9 Å². The van der Waals surface area contributed by atoms with Crippen LogP contribution in [0.1, 0.15) is 0 Å². The van der Waals surface area contributed by atoms with Crippen LogP contribution in [0.2, 0.25) is 10.0 Å². The smallest absolute Gasteiger partial charge is 0.349 e. The van der Waals surface area contributed by atoms with Gasteiger partial charge >= 0.3 is 4.71 Å². The molecule has 0 aliphatic carbocycles. The lowest BCUT2D eigenvalue weighted by molar-refractivity contribution is -0.474. The van der Waals surface area contributed by atoms with E-state index in [-0.39, 0.29) is 19.8 Å². The molecule has 0 saturated carbocycles. The van der Waals surface area contributed by atoms with Gasteiger partial charge in [-0.25, -0.2) is 16.8 Å². The maximum absolute atomic E-state index is 12.5. The fraction of sp³-hybridized carbons (Fsp3) is 0.0769. The highest BCUT2D eigenvalue weighted by molar-refractivity contribution is 8.08. The van der Waals surface area contributed by atoms with Crippen molar-refractivity contribution in [1.29, 1.82) is 0 Å². The van der Waals surface area contributed by atoms with Gasteiger partial charge in [-0.2, -0.15) is 0 Å². The quantitative estimate of drug-likeness (QED) is 0.780. The molecule has 0 heterocycles. The molecule has 0 aliphatic rings. The zero-order valence-corrected chi connectivity index (χ0v) is 14.5. The predicted molar refractivity (Wildman–Crippen MR) is 85.4 cm³/mol. The summed E-state index contributed by atoms with van der Waals surface area (Å²) in [7, 11) is -8.85. The van der Waals surface area contributed by atoms with Crippen LogP contribution in [0.5, 0.6) is 0 Å². The summed E-state index contributed by atoms with van der Waals surface area (Å²) in [5.74, 6) is 0. The molecule has 2 aromatic rings. The van der Waals surface area contributed by atoms with Crippen LogP contribution in [0.15, 0.2) is 58.3 Å². The topological polar surface area (TPSA) is 105 Å². The minimum absolute atomic E-state index is 0.290. The fourth-order valence-electron chi connectivity index (χ4n) is 1.80. The van der Waals surface area contributed by atoms with Gasteiger partial charge < -0.3 is 10.6 Å². The van der Waals surface area contributed by atoms with Gasteiger partial charge in [0.1, 0.15) is 0 Å². The Hall–Kier alpha value is -1.48. The molecule has 0 radical (unpaired) electrons. The van der Waals surface area contributed by atoms with E-state index in [0.717, 1.165) is 24.3 Å². The van der Waals surface area contributed by atoms with E-state index < -0.39 is 24.4 Å². The number of nitrogens with one attached hydrogen (secondary N) is 1. The van der Waals surface area contributed by atoms with E-state index in [2.05, 4.69) is 0 Å². The van der Waals surface area contributed by atoms with Crippen molar-refractivity contribution in [3.05, 3.63) is 64.1 Å². The third-order valence-corrected chi connectivity index (χ3v) is 8.17. The molecule has 2 rings (SSSR count). The van der Waals surface area contributed by atoms with Gasteiger partial charge in [0, 0.05) is 10.0 Å². The van der Waals surface area contributed by atoms with E-state index in [0.29, 0.717) is 0 Å². The Labute approximate surface area is 143 Å². The molecule has 0 atom stereocenters. The summed E-state index contributed by atoms with van der Waals surface area (Å²) in [5, 5.41) is 1.95. The van der Waals surface area contributed by atoms with Gasteiger partial charge in [-0.15, -0.1) is 0 Å². The molecular weight excluding hydrogens is 383 g/mol. The van der Waals surface area contributed by atoms with Crippen LogP contribution in [0.4, 0.5) is 0 Å². The third-order valence-electron chi connectivity index (χ3n) is 2.95. The average Bonchev–Trinajstić information content (AvgIpc) is 2.48. The number of benzene rings is 2. The summed E-state index contributed by atoms with van der Waals surface area (Å²) in [6.45, 7) is 0. The maximum Gasteiger partial charge on any atom is 0.349 e. The van der Waals surface area contributed by atoms with Crippen LogP contribution in [0.25, 0.3) is 5.53 Å². The van der Waals surface area contributed by atoms with Crippen molar-refractivity contribution in [3.63, 3.8) is 0 Å². The molecule has 1 N–H and O–H groups in total. The Balaban J connectivity index is 2.55. The second-order valence-electron chi connectivity index (χ2n) is 4.46. The van der Waals surface area contributed by atoms with Crippen LogP contribution in [0.3, 0.4) is 0 Å². The molecule has 122 valence electrons. The van der Waals surface area contributed by atoms with Gasteiger partial charge in [0.15, 0.2) is 0 Å². The van der Waals surface area contributed by atoms with Gasteiger partial charge in [-0.3, -0.25) is 0 Å². The van der Waals surface area contributed by atoms with E-state index in [1.165, 1.54) is 29.4 Å². The van der Waals surface area contributed by atoms with Crippen molar-refractivity contribution in [2.45, 2.75) is 14.5 Å². The summed E-state index contributed by atoms with van der Waals surface area (Å²) in [4.78, 5) is -0.600. The van der Waals surface area contributed by atoms with E-state index in [4.69, 9.17) is 28.7 Å². The van der Waals surface area contributed by atoms with E-state index in [1.807, 2.05) is 0 Å². The summed E-state index contributed by atoms with van der Waals surface area (Å²) in [5.41, 5.74) is 9.17. The third kappa shape index (κ3) is 3.55. The van der Waals surface area contributed by atoms with E-state index in [1.54, 1.807) is 0 Å². The molecule has 6 nitrogen and oxygen atoms in total. The van der Waals surface area contributed by atoms with Crippen LogP contribution in [-0.4, -0.2) is 21.5 Å². The number of nitrogens with zero attached hydrogens (tertiary/aromatic N) is 1. The molecule has 0 bridgehead atoms. The summed E-state index contributed by atoms with van der Waals surface area (Å²) in [6, 6.07) is 9.82. The molecule has 23 heavy (non-hydrogen) atoms. The Morgan fingerprint density at radius 2 is 1.04 bits per heavy atom. The highest BCUT2D eigenvalue weighted by atomic mass is 35.5. The van der Waals surface area contributed by atoms with Crippen LogP contribution in [0, 0.1) is 0 Å². The average molecular weight is 393 g/mol. The Morgan fingerprint density at radius 1 is 0.739 bits per heavy atom. The Kier molecular flexibility index (Phi) is 5.10. The molecular formula is C13H10Cl2N2O4S2. The van der Waals surface area contributed by atoms with Crippen molar-refractivity contribution in [2.75, 3.05) is 0 Å². The van der Waals surface area contributed by atoms with Crippen molar-refractivity contribution in [3.8, 4) is 0 Å². The zero-order valence-electron chi connectivity index (χ0n) is 11.3. The number of rotatable bonds is 5. The first-order chi connectivity index (χ1) is 10.7. The van der Waals surface area contributed by atoms with E-state index in [9.17, 15) is 16.8 Å². The first-order valence-electron chi connectivity index (χ1n) is 6.08. The molecule has 0 saturated heterocycles. The minimum atomic E-state index is -4.42. The molecule has 2 aromatic carbocycles. The van der Waals surface area contributed by atoms with Crippen LogP contribution in [-0.2, 0) is 19.7 Å². The minimum Gasteiger partial charge on any atom is -0.506 e. The number of sulfone groups is 2. The Bertz CT molecular complexity index is 849. The van der Waals surface area contributed by atoms with Crippen LogP contribution < -0.4 is 5.11 Å². The van der Waals surface area contributed by atoms with Gasteiger partial charge in [0.05, 0.1) is 9.79 Å². The van der Waals surface area contributed by atoms with Crippen LogP contribution >= 0.6 is 23.2 Å². The normalized spacial score (nSPS) is 12.3.